The minimum Gasteiger partial charge on any atom is -0.461 e. The van der Waals surface area contributed by atoms with E-state index in [0.717, 1.165) is 4.31 Å². The smallest absolute Gasteiger partial charge is 0.422 e. The molecule has 0 aromatic heterocycles. The Morgan fingerprint density at radius 2 is 1.78 bits per heavy atom. The second kappa shape index (κ2) is 9.70. The zero-order chi connectivity index (χ0) is 20.7. The summed E-state index contributed by atoms with van der Waals surface area (Å²) < 4.78 is 41.6. The monoisotopic (exact) mass is 406 g/mol. The normalized spacial score (nSPS) is 16.3. The van der Waals surface area contributed by atoms with Crippen LogP contribution in [0.1, 0.15) is 33.6 Å². The molecule has 0 atom stereocenters. The van der Waals surface area contributed by atoms with Gasteiger partial charge in [0.2, 0.25) is 0 Å². The predicted octanol–water partition coefficient (Wildman–Crippen LogP) is 0.740. The molecule has 0 spiro atoms. The van der Waals surface area contributed by atoms with E-state index in [-0.39, 0.29) is 32.5 Å². The van der Waals surface area contributed by atoms with Crippen molar-refractivity contribution in [2.24, 2.45) is 5.92 Å². The highest BCUT2D eigenvalue weighted by Crippen LogP contribution is 2.20. The fourth-order valence-electron chi connectivity index (χ4n) is 2.29. The molecule has 1 aliphatic rings. The first-order valence-corrected chi connectivity index (χ1v) is 9.82. The Morgan fingerprint density at radius 1 is 1.19 bits per heavy atom. The van der Waals surface area contributed by atoms with Gasteiger partial charge in [0, 0.05) is 13.1 Å². The van der Waals surface area contributed by atoms with Crippen molar-refractivity contribution in [3.63, 3.8) is 0 Å². The Labute approximate surface area is 159 Å². The first-order chi connectivity index (χ1) is 12.4. The van der Waals surface area contributed by atoms with Gasteiger partial charge < -0.3 is 14.2 Å². The molecule has 1 N–H and O–H groups in total. The van der Waals surface area contributed by atoms with E-state index in [4.69, 9.17) is 9.47 Å². The van der Waals surface area contributed by atoms with Gasteiger partial charge in [0.15, 0.2) is 6.61 Å². The van der Waals surface area contributed by atoms with Crippen LogP contribution < -0.4 is 4.72 Å². The molecule has 1 aliphatic heterocycles. The van der Waals surface area contributed by atoms with Gasteiger partial charge in [-0.1, -0.05) is 12.7 Å². The van der Waals surface area contributed by atoms with E-state index in [0.29, 0.717) is 0 Å². The number of esters is 2. The molecule has 1 fully saturated rings. The maximum absolute atomic E-state index is 12.2. The number of ether oxygens (including phenoxy) is 3. The van der Waals surface area contributed by atoms with Crippen LogP contribution in [-0.4, -0.2) is 62.7 Å². The number of hydrogen-bond donors (Lipinski definition) is 1. The van der Waals surface area contributed by atoms with Gasteiger partial charge in [-0.25, -0.2) is 14.3 Å². The molecular formula is C16H26N2O8S. The van der Waals surface area contributed by atoms with Crippen LogP contribution in [-0.2, 0) is 34.0 Å². The standard InChI is InChI=1S/C16H26N2O8S/c1-5-10-24-14(20)12-6-8-18(9-7-12)27(22,23)17-15(21)25-11-13(19)26-16(2,3)4/h5,12H,1,6-11H2,2-4H3,(H,17,21). The number of carbonyl (C=O) groups excluding carboxylic acids is 3. The molecule has 1 amide bonds. The summed E-state index contributed by atoms with van der Waals surface area (Å²) in [6.45, 7) is 7.86. The maximum Gasteiger partial charge on any atom is 0.422 e. The lowest BCUT2D eigenvalue weighted by atomic mass is 9.98. The van der Waals surface area contributed by atoms with E-state index in [9.17, 15) is 22.8 Å². The minimum atomic E-state index is -4.14. The molecule has 0 saturated carbocycles. The van der Waals surface area contributed by atoms with E-state index < -0.39 is 46.4 Å². The highest BCUT2D eigenvalue weighted by molar-refractivity contribution is 7.87. The Morgan fingerprint density at radius 3 is 2.30 bits per heavy atom. The number of piperidine rings is 1. The molecule has 10 nitrogen and oxygen atoms in total. The van der Waals surface area contributed by atoms with Gasteiger partial charge in [0.25, 0.3) is 0 Å². The van der Waals surface area contributed by atoms with Crippen LogP contribution in [0.2, 0.25) is 0 Å². The molecule has 27 heavy (non-hydrogen) atoms. The van der Waals surface area contributed by atoms with Crippen molar-refractivity contribution in [2.75, 3.05) is 26.3 Å². The van der Waals surface area contributed by atoms with Crippen molar-refractivity contribution in [3.8, 4) is 0 Å². The average molecular weight is 406 g/mol. The van der Waals surface area contributed by atoms with Crippen LogP contribution >= 0.6 is 0 Å². The quantitative estimate of drug-likeness (QED) is 0.372. The Balaban J connectivity index is 2.45. The maximum atomic E-state index is 12.2. The molecular weight excluding hydrogens is 380 g/mol. The molecule has 1 heterocycles. The molecule has 0 radical (unpaired) electrons. The van der Waals surface area contributed by atoms with Crippen LogP contribution in [0, 0.1) is 5.92 Å². The third kappa shape index (κ3) is 8.39. The summed E-state index contributed by atoms with van der Waals surface area (Å²) >= 11 is 0. The fourth-order valence-corrected chi connectivity index (χ4v) is 3.38. The highest BCUT2D eigenvalue weighted by atomic mass is 32.2. The lowest BCUT2D eigenvalue weighted by molar-refractivity contribution is -0.158. The third-order valence-electron chi connectivity index (χ3n) is 3.42. The number of nitrogens with zero attached hydrogens (tertiary/aromatic N) is 1. The van der Waals surface area contributed by atoms with Crippen molar-refractivity contribution in [1.29, 1.82) is 0 Å². The second-order valence-corrected chi connectivity index (χ2v) is 8.53. The molecule has 0 unspecified atom stereocenters. The van der Waals surface area contributed by atoms with Gasteiger partial charge in [-0.3, -0.25) is 4.79 Å². The van der Waals surface area contributed by atoms with Gasteiger partial charge in [-0.2, -0.15) is 12.7 Å². The number of rotatable bonds is 7. The summed E-state index contributed by atoms with van der Waals surface area (Å²) in [5.41, 5.74) is -0.750. The van der Waals surface area contributed by atoms with Crippen LogP contribution in [0.5, 0.6) is 0 Å². The van der Waals surface area contributed by atoms with Crippen molar-refractivity contribution >= 4 is 28.2 Å². The van der Waals surface area contributed by atoms with Gasteiger partial charge in [0.1, 0.15) is 12.2 Å². The Bertz CT molecular complexity index is 660. The molecule has 154 valence electrons. The first-order valence-electron chi connectivity index (χ1n) is 8.38. The van der Waals surface area contributed by atoms with Crippen molar-refractivity contribution in [3.05, 3.63) is 12.7 Å². The average Bonchev–Trinajstić information content (AvgIpc) is 2.56. The largest absolute Gasteiger partial charge is 0.461 e. The van der Waals surface area contributed by atoms with Crippen molar-refractivity contribution in [2.45, 2.75) is 39.2 Å². The number of nitrogens with one attached hydrogen (secondary N) is 1. The third-order valence-corrected chi connectivity index (χ3v) is 4.89. The Kier molecular flexibility index (Phi) is 8.22. The van der Waals surface area contributed by atoms with Crippen LogP contribution in [0.25, 0.3) is 0 Å². The molecule has 0 aromatic rings. The topological polar surface area (TPSA) is 128 Å². The van der Waals surface area contributed by atoms with E-state index in [1.54, 1.807) is 25.5 Å². The van der Waals surface area contributed by atoms with Gasteiger partial charge >= 0.3 is 28.2 Å². The van der Waals surface area contributed by atoms with E-state index >= 15 is 0 Å². The first kappa shape index (κ1) is 22.9. The number of amides is 1. The molecule has 1 rings (SSSR count). The van der Waals surface area contributed by atoms with Crippen LogP contribution in [0.15, 0.2) is 12.7 Å². The summed E-state index contributed by atoms with van der Waals surface area (Å²) in [7, 11) is -4.14. The number of carbonyl (C=O) groups is 3. The summed E-state index contributed by atoms with van der Waals surface area (Å²) in [4.78, 5) is 34.9. The summed E-state index contributed by atoms with van der Waals surface area (Å²) in [5.74, 6) is -1.61. The van der Waals surface area contributed by atoms with Crippen molar-refractivity contribution < 1.29 is 37.0 Å². The van der Waals surface area contributed by atoms with E-state index in [2.05, 4.69) is 11.3 Å². The molecule has 1 saturated heterocycles. The van der Waals surface area contributed by atoms with Crippen LogP contribution in [0.3, 0.4) is 0 Å². The van der Waals surface area contributed by atoms with Gasteiger partial charge in [0.05, 0.1) is 5.92 Å². The Hall–Kier alpha value is -2.14. The molecule has 11 heteroatoms. The lowest BCUT2D eigenvalue weighted by Crippen LogP contribution is -2.48. The van der Waals surface area contributed by atoms with Gasteiger partial charge in [-0.05, 0) is 33.6 Å². The molecule has 0 bridgehead atoms. The lowest BCUT2D eigenvalue weighted by Gasteiger charge is -2.29. The van der Waals surface area contributed by atoms with E-state index in [1.807, 2.05) is 0 Å². The molecule has 0 aromatic carbocycles. The number of hydrogen-bond acceptors (Lipinski definition) is 8. The van der Waals surface area contributed by atoms with Gasteiger partial charge in [-0.15, -0.1) is 0 Å². The SMILES string of the molecule is C=CCOC(=O)C1CCN(S(=O)(=O)NC(=O)OCC(=O)OC(C)(C)C)CC1. The zero-order valence-electron chi connectivity index (χ0n) is 15.7. The fraction of sp³-hybridized carbons (Fsp3) is 0.688. The summed E-state index contributed by atoms with van der Waals surface area (Å²) in [6, 6.07) is 0. The zero-order valence-corrected chi connectivity index (χ0v) is 16.5. The minimum absolute atomic E-state index is 0.0442. The van der Waals surface area contributed by atoms with Crippen LogP contribution in [0.4, 0.5) is 4.79 Å². The predicted molar refractivity (Wildman–Crippen MR) is 94.7 cm³/mol. The second-order valence-electron chi connectivity index (χ2n) is 6.86. The van der Waals surface area contributed by atoms with E-state index in [1.165, 1.54) is 6.08 Å². The molecule has 0 aliphatic carbocycles. The summed E-state index contributed by atoms with van der Waals surface area (Å²) in [6.07, 6.45) is 0.700. The van der Waals surface area contributed by atoms with Crippen molar-refractivity contribution in [1.82, 2.24) is 9.03 Å². The highest BCUT2D eigenvalue weighted by Gasteiger charge is 2.33. The summed E-state index contributed by atoms with van der Waals surface area (Å²) in [5, 5.41) is 0.